The molecule has 1 aliphatic rings. The minimum Gasteiger partial charge on any atom is -0.374 e. The van der Waals surface area contributed by atoms with Gasteiger partial charge < -0.3 is 9.64 Å². The third-order valence-electron chi connectivity index (χ3n) is 3.05. The molecule has 3 nitrogen and oxygen atoms in total. The van der Waals surface area contributed by atoms with Crippen LogP contribution in [-0.2, 0) is 16.0 Å². The van der Waals surface area contributed by atoms with Gasteiger partial charge in [0.25, 0.3) is 0 Å². The lowest BCUT2D eigenvalue weighted by atomic mass is 10.1. The highest BCUT2D eigenvalue weighted by Gasteiger charge is 2.24. The van der Waals surface area contributed by atoms with E-state index < -0.39 is 5.82 Å². The quantitative estimate of drug-likeness (QED) is 0.784. The lowest BCUT2D eigenvalue weighted by Crippen LogP contribution is -2.46. The number of hydrogen-bond acceptors (Lipinski definition) is 2. The van der Waals surface area contributed by atoms with Crippen LogP contribution in [0.1, 0.15) is 5.56 Å². The normalized spacial score (nSPS) is 19.5. The molecule has 0 saturated carbocycles. The minimum absolute atomic E-state index is 0.00575. The summed E-state index contributed by atoms with van der Waals surface area (Å²) in [7, 11) is 0. The maximum absolute atomic E-state index is 13.6. The molecule has 0 N–H and O–H groups in total. The molecule has 0 aromatic heterocycles. The number of ether oxygens (including phenoxy) is 1. The summed E-state index contributed by atoms with van der Waals surface area (Å²) in [5, 5.41) is 0.968. The van der Waals surface area contributed by atoms with Crippen molar-refractivity contribution >= 4 is 33.4 Å². The Labute approximate surface area is 124 Å². The molecule has 104 valence electrons. The lowest BCUT2D eigenvalue weighted by Gasteiger charge is -2.32. The van der Waals surface area contributed by atoms with E-state index in [0.717, 1.165) is 0 Å². The third-order valence-corrected chi connectivity index (χ3v) is 4.13. The first-order chi connectivity index (χ1) is 9.11. The number of hydrogen-bond donors (Lipinski definition) is 0. The maximum Gasteiger partial charge on any atom is 0.227 e. The Morgan fingerprint density at radius 2 is 2.37 bits per heavy atom. The topological polar surface area (TPSA) is 29.5 Å². The van der Waals surface area contributed by atoms with E-state index in [1.807, 2.05) is 0 Å². The van der Waals surface area contributed by atoms with Gasteiger partial charge in [-0.15, -0.1) is 0 Å². The predicted molar refractivity (Wildman–Crippen MR) is 75.2 cm³/mol. The van der Waals surface area contributed by atoms with Crippen molar-refractivity contribution in [2.24, 2.45) is 0 Å². The van der Waals surface area contributed by atoms with Gasteiger partial charge in [0.2, 0.25) is 5.91 Å². The van der Waals surface area contributed by atoms with Crippen LogP contribution in [0.4, 0.5) is 4.39 Å². The SMILES string of the molecule is O=C(Cc1c(F)cccc1Cl)N1CCOC(CBr)C1. The van der Waals surface area contributed by atoms with Crippen molar-refractivity contribution in [3.8, 4) is 0 Å². The Kier molecular flexibility index (Phi) is 5.19. The van der Waals surface area contributed by atoms with E-state index in [1.165, 1.54) is 12.1 Å². The first-order valence-electron chi connectivity index (χ1n) is 6.00. The largest absolute Gasteiger partial charge is 0.374 e. The van der Waals surface area contributed by atoms with Crippen LogP contribution in [0.25, 0.3) is 0 Å². The minimum atomic E-state index is -0.439. The van der Waals surface area contributed by atoms with E-state index in [9.17, 15) is 9.18 Å². The maximum atomic E-state index is 13.6. The van der Waals surface area contributed by atoms with Crippen LogP contribution in [0.3, 0.4) is 0 Å². The molecular weight excluding hydrogens is 337 g/mol. The molecule has 1 fully saturated rings. The van der Waals surface area contributed by atoms with E-state index in [2.05, 4.69) is 15.9 Å². The van der Waals surface area contributed by atoms with Gasteiger partial charge in [-0.1, -0.05) is 33.6 Å². The van der Waals surface area contributed by atoms with Crippen LogP contribution in [-0.4, -0.2) is 41.9 Å². The van der Waals surface area contributed by atoms with Crippen molar-refractivity contribution < 1.29 is 13.9 Å². The van der Waals surface area contributed by atoms with Gasteiger partial charge in [-0.2, -0.15) is 0 Å². The fourth-order valence-corrected chi connectivity index (χ4v) is 2.62. The van der Waals surface area contributed by atoms with Crippen LogP contribution in [0.5, 0.6) is 0 Å². The highest BCUT2D eigenvalue weighted by Crippen LogP contribution is 2.20. The van der Waals surface area contributed by atoms with Crippen LogP contribution >= 0.6 is 27.5 Å². The number of nitrogens with zero attached hydrogens (tertiary/aromatic N) is 1. The molecule has 0 bridgehead atoms. The molecule has 1 aromatic carbocycles. The number of amides is 1. The van der Waals surface area contributed by atoms with Crippen molar-refractivity contribution in [1.82, 2.24) is 4.90 Å². The molecule has 1 atom stereocenters. The van der Waals surface area contributed by atoms with Gasteiger partial charge >= 0.3 is 0 Å². The second-order valence-electron chi connectivity index (χ2n) is 4.36. The van der Waals surface area contributed by atoms with Crippen LogP contribution < -0.4 is 0 Å². The molecule has 1 unspecified atom stereocenters. The zero-order chi connectivity index (χ0) is 13.8. The first kappa shape index (κ1) is 14.8. The van der Waals surface area contributed by atoms with Crippen molar-refractivity contribution in [2.75, 3.05) is 25.0 Å². The van der Waals surface area contributed by atoms with E-state index in [0.29, 0.717) is 30.0 Å². The molecule has 0 spiro atoms. The summed E-state index contributed by atoms with van der Waals surface area (Å²) in [6.45, 7) is 1.57. The van der Waals surface area contributed by atoms with E-state index >= 15 is 0 Å². The average molecular weight is 351 g/mol. The van der Waals surface area contributed by atoms with Crippen LogP contribution in [0.2, 0.25) is 5.02 Å². The molecule has 19 heavy (non-hydrogen) atoms. The van der Waals surface area contributed by atoms with Crippen molar-refractivity contribution in [3.05, 3.63) is 34.6 Å². The van der Waals surface area contributed by atoms with Crippen LogP contribution in [0, 0.1) is 5.82 Å². The number of rotatable bonds is 3. The average Bonchev–Trinajstić information content (AvgIpc) is 2.43. The van der Waals surface area contributed by atoms with E-state index in [4.69, 9.17) is 16.3 Å². The Morgan fingerprint density at radius 3 is 3.05 bits per heavy atom. The van der Waals surface area contributed by atoms with E-state index in [-0.39, 0.29) is 24.0 Å². The standard InChI is InChI=1S/C13H14BrClFNO2/c14-7-9-8-17(4-5-19-9)13(18)6-10-11(15)2-1-3-12(10)16/h1-3,9H,4-8H2. The van der Waals surface area contributed by atoms with Crippen molar-refractivity contribution in [1.29, 1.82) is 0 Å². The molecule has 0 radical (unpaired) electrons. The zero-order valence-electron chi connectivity index (χ0n) is 10.2. The van der Waals surface area contributed by atoms with Gasteiger partial charge in [-0.05, 0) is 12.1 Å². The van der Waals surface area contributed by atoms with Crippen molar-refractivity contribution in [2.45, 2.75) is 12.5 Å². The number of carbonyl (C=O) groups excluding carboxylic acids is 1. The van der Waals surface area contributed by atoms with Gasteiger partial charge in [0.05, 0.1) is 19.1 Å². The van der Waals surface area contributed by atoms with Gasteiger partial charge in [0, 0.05) is 29.0 Å². The molecule has 0 aliphatic carbocycles. The number of carbonyl (C=O) groups is 1. The zero-order valence-corrected chi connectivity index (χ0v) is 12.6. The van der Waals surface area contributed by atoms with Gasteiger partial charge in [0.1, 0.15) is 5.82 Å². The molecule has 1 amide bonds. The molecule has 2 rings (SSSR count). The van der Waals surface area contributed by atoms with Crippen LogP contribution in [0.15, 0.2) is 18.2 Å². The summed E-state index contributed by atoms with van der Waals surface area (Å²) in [5.74, 6) is -0.563. The number of alkyl halides is 1. The molecule has 1 saturated heterocycles. The number of benzene rings is 1. The lowest BCUT2D eigenvalue weighted by molar-refractivity contribution is -0.137. The highest BCUT2D eigenvalue weighted by atomic mass is 79.9. The molecular formula is C13H14BrClFNO2. The first-order valence-corrected chi connectivity index (χ1v) is 7.50. The van der Waals surface area contributed by atoms with Gasteiger partial charge in [0.15, 0.2) is 0 Å². The fraction of sp³-hybridized carbons (Fsp3) is 0.462. The Hall–Kier alpha value is -0.650. The summed E-state index contributed by atoms with van der Waals surface area (Å²) < 4.78 is 19.1. The molecule has 1 aliphatic heterocycles. The van der Waals surface area contributed by atoms with E-state index in [1.54, 1.807) is 11.0 Å². The summed E-state index contributed by atoms with van der Waals surface area (Å²) in [6.07, 6.45) is -0.0191. The summed E-state index contributed by atoms with van der Waals surface area (Å²) in [4.78, 5) is 13.9. The summed E-state index contributed by atoms with van der Waals surface area (Å²) in [6, 6.07) is 4.43. The Bertz CT molecular complexity index is 452. The Balaban J connectivity index is 2.04. The number of morpholine rings is 1. The fourth-order valence-electron chi connectivity index (χ4n) is 2.00. The molecule has 6 heteroatoms. The summed E-state index contributed by atoms with van der Waals surface area (Å²) in [5.41, 5.74) is 0.260. The molecule has 1 heterocycles. The second kappa shape index (κ2) is 6.68. The Morgan fingerprint density at radius 1 is 1.58 bits per heavy atom. The van der Waals surface area contributed by atoms with Gasteiger partial charge in [-0.25, -0.2) is 4.39 Å². The van der Waals surface area contributed by atoms with Crippen molar-refractivity contribution in [3.63, 3.8) is 0 Å². The smallest absolute Gasteiger partial charge is 0.227 e. The predicted octanol–water partition coefficient (Wildman–Crippen LogP) is 2.64. The summed E-state index contributed by atoms with van der Waals surface area (Å²) >= 11 is 9.26. The second-order valence-corrected chi connectivity index (χ2v) is 5.42. The number of halogens is 3. The highest BCUT2D eigenvalue weighted by molar-refractivity contribution is 9.09. The monoisotopic (exact) mass is 349 g/mol. The van der Waals surface area contributed by atoms with Gasteiger partial charge in [-0.3, -0.25) is 4.79 Å². The molecule has 1 aromatic rings. The third kappa shape index (κ3) is 3.68.